The number of hydrogen-bond acceptors (Lipinski definition) is 6. The lowest BCUT2D eigenvalue weighted by molar-refractivity contribution is -0.120. The van der Waals surface area contributed by atoms with Gasteiger partial charge in [0.05, 0.1) is 10.1 Å². The topological polar surface area (TPSA) is 92.5 Å². The van der Waals surface area contributed by atoms with Crippen LogP contribution in [0, 0.1) is 0 Å². The Hall–Kier alpha value is -1.58. The van der Waals surface area contributed by atoms with Crippen molar-refractivity contribution in [2.75, 3.05) is 19.6 Å². The van der Waals surface area contributed by atoms with Crippen LogP contribution in [0.5, 0.6) is 0 Å². The third-order valence-electron chi connectivity index (χ3n) is 3.68. The maximum atomic E-state index is 12.6. The minimum Gasteiger partial charge on any atom is -0.431 e. The molecular formula is C16H23N3O4S2. The molecule has 0 saturated carbocycles. The fourth-order valence-electron chi connectivity index (χ4n) is 2.33. The van der Waals surface area contributed by atoms with E-state index in [4.69, 9.17) is 4.42 Å². The number of amides is 1. The number of aromatic nitrogens is 1. The number of fused-ring (bicyclic) bond motifs is 1. The van der Waals surface area contributed by atoms with Crippen molar-refractivity contribution >= 4 is 38.8 Å². The number of benzene rings is 1. The van der Waals surface area contributed by atoms with E-state index in [2.05, 4.69) is 10.3 Å². The molecule has 0 aliphatic heterocycles. The molecule has 25 heavy (non-hydrogen) atoms. The van der Waals surface area contributed by atoms with Crippen LogP contribution in [0.4, 0.5) is 0 Å². The standard InChI is InChI=1S/C16H23N3O4S2/c1-5-17-15(20)11(4)24-16-18-13-10-12(8-9-14(13)23-16)25(21,22)19(6-2)7-3/h8-11H,5-7H2,1-4H3,(H,17,20)/t11-/m0/s1. The van der Waals surface area contributed by atoms with Crippen LogP contribution in [0.1, 0.15) is 27.7 Å². The second-order valence-electron chi connectivity index (χ2n) is 5.35. The van der Waals surface area contributed by atoms with Crippen LogP contribution in [0.25, 0.3) is 11.1 Å². The Morgan fingerprint density at radius 2 is 2.00 bits per heavy atom. The molecule has 1 aromatic carbocycles. The Balaban J connectivity index is 2.29. The van der Waals surface area contributed by atoms with Crippen LogP contribution in [0.2, 0.25) is 0 Å². The number of carbonyl (C=O) groups is 1. The quantitative estimate of drug-likeness (QED) is 0.702. The number of sulfonamides is 1. The predicted octanol–water partition coefficient (Wildman–Crippen LogP) is 2.48. The van der Waals surface area contributed by atoms with Gasteiger partial charge in [-0.05, 0) is 32.0 Å². The minimum absolute atomic E-state index is 0.0976. The van der Waals surface area contributed by atoms with E-state index in [0.717, 1.165) is 0 Å². The molecule has 2 aromatic rings. The predicted molar refractivity (Wildman–Crippen MR) is 98.1 cm³/mol. The van der Waals surface area contributed by atoms with E-state index in [1.54, 1.807) is 26.8 Å². The van der Waals surface area contributed by atoms with Crippen molar-refractivity contribution in [2.45, 2.75) is 43.1 Å². The monoisotopic (exact) mass is 385 g/mol. The molecule has 2 rings (SSSR count). The number of nitrogens with zero attached hydrogens (tertiary/aromatic N) is 2. The van der Waals surface area contributed by atoms with Gasteiger partial charge < -0.3 is 9.73 Å². The molecule has 0 bridgehead atoms. The van der Waals surface area contributed by atoms with Crippen LogP contribution in [0.15, 0.2) is 32.7 Å². The zero-order valence-corrected chi connectivity index (χ0v) is 16.4. The van der Waals surface area contributed by atoms with E-state index in [0.29, 0.717) is 36.0 Å². The van der Waals surface area contributed by atoms with Gasteiger partial charge in [-0.2, -0.15) is 4.31 Å². The van der Waals surface area contributed by atoms with Gasteiger partial charge in [0.2, 0.25) is 15.9 Å². The summed E-state index contributed by atoms with van der Waals surface area (Å²) in [7, 11) is -3.55. The highest BCUT2D eigenvalue weighted by atomic mass is 32.2. The molecule has 0 aliphatic carbocycles. The lowest BCUT2D eigenvalue weighted by atomic mass is 10.3. The van der Waals surface area contributed by atoms with E-state index in [1.807, 2.05) is 6.92 Å². The van der Waals surface area contributed by atoms with Crippen molar-refractivity contribution in [3.8, 4) is 0 Å². The Bertz CT molecular complexity index is 844. The first-order valence-electron chi connectivity index (χ1n) is 8.18. The van der Waals surface area contributed by atoms with Crippen molar-refractivity contribution in [1.29, 1.82) is 0 Å². The van der Waals surface area contributed by atoms with Gasteiger partial charge in [0.15, 0.2) is 5.58 Å². The number of carbonyl (C=O) groups excluding carboxylic acids is 1. The van der Waals surface area contributed by atoms with Crippen LogP contribution in [0.3, 0.4) is 0 Å². The third kappa shape index (κ3) is 4.34. The number of nitrogens with one attached hydrogen (secondary N) is 1. The largest absolute Gasteiger partial charge is 0.431 e. The maximum absolute atomic E-state index is 12.6. The molecule has 0 aliphatic rings. The molecule has 0 radical (unpaired) electrons. The molecule has 0 fully saturated rings. The maximum Gasteiger partial charge on any atom is 0.257 e. The van der Waals surface area contributed by atoms with Crippen molar-refractivity contribution in [3.63, 3.8) is 0 Å². The molecule has 1 N–H and O–H groups in total. The Morgan fingerprint density at radius 3 is 2.60 bits per heavy atom. The van der Waals surface area contributed by atoms with E-state index >= 15 is 0 Å². The zero-order chi connectivity index (χ0) is 18.6. The molecule has 1 amide bonds. The number of hydrogen-bond donors (Lipinski definition) is 1. The van der Waals surface area contributed by atoms with Crippen LogP contribution >= 0.6 is 11.8 Å². The lowest BCUT2D eigenvalue weighted by Crippen LogP contribution is -2.30. The Morgan fingerprint density at radius 1 is 1.32 bits per heavy atom. The average molecular weight is 386 g/mol. The highest BCUT2D eigenvalue weighted by Gasteiger charge is 2.23. The number of thioether (sulfide) groups is 1. The first-order chi connectivity index (χ1) is 11.8. The Labute approximate surface area is 152 Å². The van der Waals surface area contributed by atoms with Crippen LogP contribution in [-0.2, 0) is 14.8 Å². The second-order valence-corrected chi connectivity index (χ2v) is 8.58. The van der Waals surface area contributed by atoms with Crippen molar-refractivity contribution in [3.05, 3.63) is 18.2 Å². The summed E-state index contributed by atoms with van der Waals surface area (Å²) in [6.45, 7) is 8.58. The van der Waals surface area contributed by atoms with E-state index in [1.165, 1.54) is 28.2 Å². The van der Waals surface area contributed by atoms with Gasteiger partial charge in [-0.25, -0.2) is 13.4 Å². The highest BCUT2D eigenvalue weighted by Crippen LogP contribution is 2.28. The summed E-state index contributed by atoms with van der Waals surface area (Å²) in [4.78, 5) is 16.3. The van der Waals surface area contributed by atoms with Gasteiger partial charge in [-0.15, -0.1) is 0 Å². The lowest BCUT2D eigenvalue weighted by Gasteiger charge is -2.18. The van der Waals surface area contributed by atoms with Crippen LogP contribution in [-0.4, -0.2) is 48.5 Å². The second kappa shape index (κ2) is 8.20. The first-order valence-corrected chi connectivity index (χ1v) is 10.5. The minimum atomic E-state index is -3.55. The SMILES string of the molecule is CCNC(=O)[C@H](C)Sc1nc2cc(S(=O)(=O)N(CC)CC)ccc2o1. The molecule has 1 atom stereocenters. The molecule has 138 valence electrons. The van der Waals surface area contributed by atoms with Gasteiger partial charge in [0.25, 0.3) is 5.22 Å². The van der Waals surface area contributed by atoms with Crippen molar-refractivity contribution in [2.24, 2.45) is 0 Å². The van der Waals surface area contributed by atoms with E-state index in [9.17, 15) is 13.2 Å². The van der Waals surface area contributed by atoms with E-state index in [-0.39, 0.29) is 16.1 Å². The van der Waals surface area contributed by atoms with Gasteiger partial charge in [-0.3, -0.25) is 4.79 Å². The Kier molecular flexibility index (Phi) is 6.47. The van der Waals surface area contributed by atoms with Gasteiger partial charge in [0, 0.05) is 19.6 Å². The highest BCUT2D eigenvalue weighted by molar-refractivity contribution is 8.00. The summed E-state index contributed by atoms with van der Waals surface area (Å²) in [6.07, 6.45) is 0. The molecule has 0 unspecified atom stereocenters. The van der Waals surface area contributed by atoms with Gasteiger partial charge in [-0.1, -0.05) is 25.6 Å². The molecule has 1 heterocycles. The number of oxazole rings is 1. The summed E-state index contributed by atoms with van der Waals surface area (Å²) < 4.78 is 32.2. The zero-order valence-electron chi connectivity index (χ0n) is 14.8. The van der Waals surface area contributed by atoms with Crippen molar-refractivity contribution in [1.82, 2.24) is 14.6 Å². The third-order valence-corrected chi connectivity index (χ3v) is 6.67. The summed E-state index contributed by atoms with van der Waals surface area (Å²) in [6, 6.07) is 4.62. The molecule has 0 spiro atoms. The fraction of sp³-hybridized carbons (Fsp3) is 0.500. The fourth-order valence-corrected chi connectivity index (χ4v) is 4.59. The van der Waals surface area contributed by atoms with Gasteiger partial charge in [0.1, 0.15) is 5.52 Å². The van der Waals surface area contributed by atoms with Gasteiger partial charge >= 0.3 is 0 Å². The molecular weight excluding hydrogens is 362 g/mol. The summed E-state index contributed by atoms with van der Waals surface area (Å²) >= 11 is 1.20. The average Bonchev–Trinajstić information content (AvgIpc) is 2.97. The molecule has 1 aromatic heterocycles. The molecule has 9 heteroatoms. The molecule has 0 saturated heterocycles. The summed E-state index contributed by atoms with van der Waals surface area (Å²) in [5, 5.41) is 2.72. The smallest absolute Gasteiger partial charge is 0.257 e. The van der Waals surface area contributed by atoms with Crippen molar-refractivity contribution < 1.29 is 17.6 Å². The normalized spacial score (nSPS) is 13.3. The first kappa shape index (κ1) is 19.7. The van der Waals surface area contributed by atoms with E-state index < -0.39 is 10.0 Å². The summed E-state index contributed by atoms with van der Waals surface area (Å²) in [5.74, 6) is -0.0976. The van der Waals surface area contributed by atoms with Crippen LogP contribution < -0.4 is 5.32 Å². The molecule has 7 nitrogen and oxygen atoms in total. The summed E-state index contributed by atoms with van der Waals surface area (Å²) in [5.41, 5.74) is 0.947. The number of rotatable bonds is 8.